The van der Waals surface area contributed by atoms with Crippen LogP contribution in [-0.2, 0) is 4.79 Å². The van der Waals surface area contributed by atoms with Gasteiger partial charge in [0.15, 0.2) is 5.01 Å². The van der Waals surface area contributed by atoms with Crippen LogP contribution in [0.3, 0.4) is 0 Å². The van der Waals surface area contributed by atoms with Gasteiger partial charge in [-0.25, -0.2) is 4.98 Å². The zero-order valence-electron chi connectivity index (χ0n) is 9.27. The summed E-state index contributed by atoms with van der Waals surface area (Å²) in [6.45, 7) is 3.66. The maximum atomic E-state index is 11.5. The number of Topliss-reactive ketones (excluding diaryl/α,β-unsaturated/α-hetero) is 1. The molecular weight excluding hydrogens is 226 g/mol. The first-order valence-electron chi connectivity index (χ1n) is 4.98. The molecule has 0 saturated heterocycles. The standard InChI is InChI=1S/C10H15N3O2S/c1-6(2)8(11)9(15)13-5-7(14)10-12-3-4-16-10/h3-4,6,8H,5,11H2,1-2H3,(H,13,15). The number of carbonyl (C=O) groups is 2. The molecule has 0 aliphatic rings. The van der Waals surface area contributed by atoms with Crippen LogP contribution in [0.4, 0.5) is 0 Å². The average molecular weight is 241 g/mol. The van der Waals surface area contributed by atoms with Crippen molar-refractivity contribution in [3.8, 4) is 0 Å². The molecule has 1 aromatic rings. The van der Waals surface area contributed by atoms with Crippen LogP contribution in [0.1, 0.15) is 23.6 Å². The molecule has 1 aromatic heterocycles. The minimum absolute atomic E-state index is 0.0488. The summed E-state index contributed by atoms with van der Waals surface area (Å²) in [4.78, 5) is 26.8. The Balaban J connectivity index is 2.41. The zero-order chi connectivity index (χ0) is 12.1. The van der Waals surface area contributed by atoms with E-state index in [-0.39, 0.29) is 24.2 Å². The van der Waals surface area contributed by atoms with Gasteiger partial charge in [0.05, 0.1) is 12.6 Å². The third-order valence-electron chi connectivity index (χ3n) is 2.12. The summed E-state index contributed by atoms with van der Waals surface area (Å²) in [5.41, 5.74) is 5.63. The van der Waals surface area contributed by atoms with E-state index < -0.39 is 6.04 Å². The molecule has 0 aromatic carbocycles. The Bertz CT molecular complexity index is 362. The third kappa shape index (κ3) is 3.39. The smallest absolute Gasteiger partial charge is 0.237 e. The van der Waals surface area contributed by atoms with Crippen molar-refractivity contribution in [1.29, 1.82) is 0 Å². The largest absolute Gasteiger partial charge is 0.347 e. The number of hydrogen-bond donors (Lipinski definition) is 2. The highest BCUT2D eigenvalue weighted by molar-refractivity contribution is 7.11. The van der Waals surface area contributed by atoms with E-state index in [0.29, 0.717) is 5.01 Å². The van der Waals surface area contributed by atoms with E-state index in [2.05, 4.69) is 10.3 Å². The molecule has 1 atom stereocenters. The van der Waals surface area contributed by atoms with Crippen molar-refractivity contribution in [3.63, 3.8) is 0 Å². The van der Waals surface area contributed by atoms with Crippen LogP contribution in [0.25, 0.3) is 0 Å². The van der Waals surface area contributed by atoms with Gasteiger partial charge in [0, 0.05) is 11.6 Å². The van der Waals surface area contributed by atoms with Gasteiger partial charge in [-0.2, -0.15) is 0 Å². The van der Waals surface area contributed by atoms with Gasteiger partial charge < -0.3 is 11.1 Å². The van der Waals surface area contributed by atoms with Crippen LogP contribution in [-0.4, -0.2) is 29.3 Å². The van der Waals surface area contributed by atoms with Crippen molar-refractivity contribution in [2.24, 2.45) is 11.7 Å². The zero-order valence-corrected chi connectivity index (χ0v) is 10.1. The molecule has 0 fully saturated rings. The first-order chi connectivity index (χ1) is 7.52. The fraction of sp³-hybridized carbons (Fsp3) is 0.500. The topological polar surface area (TPSA) is 85.1 Å². The molecule has 0 spiro atoms. The molecule has 0 aliphatic carbocycles. The SMILES string of the molecule is CC(C)C(N)C(=O)NCC(=O)c1nccs1. The molecule has 1 heterocycles. The van der Waals surface area contributed by atoms with E-state index in [1.165, 1.54) is 11.3 Å². The average Bonchev–Trinajstić information content (AvgIpc) is 2.77. The Labute approximate surface area is 98.1 Å². The molecule has 3 N–H and O–H groups in total. The Kier molecular flexibility index (Phi) is 4.57. The maximum Gasteiger partial charge on any atom is 0.237 e. The molecule has 0 radical (unpaired) electrons. The van der Waals surface area contributed by atoms with Crippen molar-refractivity contribution in [3.05, 3.63) is 16.6 Å². The van der Waals surface area contributed by atoms with Gasteiger partial charge in [-0.1, -0.05) is 13.8 Å². The highest BCUT2D eigenvalue weighted by atomic mass is 32.1. The van der Waals surface area contributed by atoms with Crippen LogP contribution in [0.15, 0.2) is 11.6 Å². The molecule has 0 bridgehead atoms. The molecule has 16 heavy (non-hydrogen) atoms. The molecule has 5 nitrogen and oxygen atoms in total. The van der Waals surface area contributed by atoms with Crippen LogP contribution >= 0.6 is 11.3 Å². The summed E-state index contributed by atoms with van der Waals surface area (Å²) in [5, 5.41) is 4.62. The molecule has 1 unspecified atom stereocenters. The second-order valence-corrected chi connectivity index (χ2v) is 4.64. The summed E-state index contributed by atoms with van der Waals surface area (Å²) >= 11 is 1.25. The maximum absolute atomic E-state index is 11.5. The first kappa shape index (κ1) is 12.8. The third-order valence-corrected chi connectivity index (χ3v) is 2.93. The highest BCUT2D eigenvalue weighted by Crippen LogP contribution is 2.04. The van der Waals surface area contributed by atoms with E-state index in [4.69, 9.17) is 5.73 Å². The number of thiazole rings is 1. The van der Waals surface area contributed by atoms with Gasteiger partial charge in [-0.3, -0.25) is 9.59 Å². The second kappa shape index (κ2) is 5.72. The summed E-state index contributed by atoms with van der Waals surface area (Å²) < 4.78 is 0. The van der Waals surface area contributed by atoms with Crippen LogP contribution in [0.5, 0.6) is 0 Å². The summed E-state index contributed by atoms with van der Waals surface area (Å²) in [6, 6.07) is -0.580. The number of amides is 1. The minimum atomic E-state index is -0.580. The van der Waals surface area contributed by atoms with Crippen molar-refractivity contribution >= 4 is 23.0 Å². The van der Waals surface area contributed by atoms with E-state index in [1.807, 2.05) is 13.8 Å². The fourth-order valence-electron chi connectivity index (χ4n) is 1.02. The summed E-state index contributed by atoms with van der Waals surface area (Å²) in [7, 11) is 0. The lowest BCUT2D eigenvalue weighted by Crippen LogP contribution is -2.45. The number of nitrogens with two attached hydrogens (primary N) is 1. The molecule has 0 aliphatic heterocycles. The van der Waals surface area contributed by atoms with E-state index in [1.54, 1.807) is 11.6 Å². The molecule has 1 rings (SSSR count). The normalized spacial score (nSPS) is 12.5. The summed E-state index contributed by atoms with van der Waals surface area (Å²) in [6.07, 6.45) is 1.56. The van der Waals surface area contributed by atoms with Crippen molar-refractivity contribution in [2.75, 3.05) is 6.54 Å². The van der Waals surface area contributed by atoms with Crippen LogP contribution in [0, 0.1) is 5.92 Å². The van der Waals surface area contributed by atoms with E-state index >= 15 is 0 Å². The van der Waals surface area contributed by atoms with Gasteiger partial charge in [-0.05, 0) is 5.92 Å². The minimum Gasteiger partial charge on any atom is -0.347 e. The number of rotatable bonds is 5. The number of aromatic nitrogens is 1. The summed E-state index contributed by atoms with van der Waals surface area (Å²) in [5.74, 6) is -0.450. The van der Waals surface area contributed by atoms with E-state index in [0.717, 1.165) is 0 Å². The van der Waals surface area contributed by atoms with Gasteiger partial charge >= 0.3 is 0 Å². The lowest BCUT2D eigenvalue weighted by Gasteiger charge is -2.14. The van der Waals surface area contributed by atoms with E-state index in [9.17, 15) is 9.59 Å². The molecule has 1 amide bonds. The Morgan fingerprint density at radius 3 is 2.75 bits per heavy atom. The lowest BCUT2D eigenvalue weighted by atomic mass is 10.1. The monoisotopic (exact) mass is 241 g/mol. The second-order valence-electron chi connectivity index (χ2n) is 3.75. The predicted octanol–water partition coefficient (Wildman–Crippen LogP) is 0.425. The van der Waals surface area contributed by atoms with Gasteiger partial charge in [0.25, 0.3) is 0 Å². The number of nitrogens with zero attached hydrogens (tertiary/aromatic N) is 1. The van der Waals surface area contributed by atoms with Gasteiger partial charge in [0.1, 0.15) is 0 Å². The number of hydrogen-bond acceptors (Lipinski definition) is 5. The Morgan fingerprint density at radius 2 is 2.25 bits per heavy atom. The molecule has 0 saturated carbocycles. The van der Waals surface area contributed by atoms with Crippen LogP contribution in [0.2, 0.25) is 0 Å². The van der Waals surface area contributed by atoms with Crippen molar-refractivity contribution < 1.29 is 9.59 Å². The van der Waals surface area contributed by atoms with Crippen molar-refractivity contribution in [1.82, 2.24) is 10.3 Å². The number of carbonyl (C=O) groups excluding carboxylic acids is 2. The van der Waals surface area contributed by atoms with Gasteiger partial charge in [-0.15, -0.1) is 11.3 Å². The molecular formula is C10H15N3O2S. The number of nitrogens with one attached hydrogen (secondary N) is 1. The fourth-order valence-corrected chi connectivity index (χ4v) is 1.60. The van der Waals surface area contributed by atoms with Gasteiger partial charge in [0.2, 0.25) is 11.7 Å². The van der Waals surface area contributed by atoms with Crippen molar-refractivity contribution in [2.45, 2.75) is 19.9 Å². The number of ketones is 1. The molecule has 88 valence electrons. The molecule has 6 heteroatoms. The van der Waals surface area contributed by atoms with Crippen LogP contribution < -0.4 is 11.1 Å². The predicted molar refractivity (Wildman–Crippen MR) is 62.3 cm³/mol. The Hall–Kier alpha value is -1.27. The lowest BCUT2D eigenvalue weighted by molar-refractivity contribution is -0.123. The Morgan fingerprint density at radius 1 is 1.56 bits per heavy atom. The quantitative estimate of drug-likeness (QED) is 0.732. The highest BCUT2D eigenvalue weighted by Gasteiger charge is 2.18. The first-order valence-corrected chi connectivity index (χ1v) is 5.86.